The molecule has 1 aromatic rings. The smallest absolute Gasteiger partial charge is 0.338 e. The number of likely N-dealkylation sites (tertiary alicyclic amines) is 1. The van der Waals surface area contributed by atoms with E-state index in [2.05, 4.69) is 18.7 Å². The van der Waals surface area contributed by atoms with E-state index in [4.69, 9.17) is 15.2 Å². The molecule has 2 N–H and O–H groups in total. The van der Waals surface area contributed by atoms with Crippen molar-refractivity contribution in [3.63, 3.8) is 0 Å². The average molecular weight is 363 g/mol. The second-order valence-corrected chi connectivity index (χ2v) is 7.25. The molecule has 0 saturated carbocycles. The number of piperidine rings is 1. The molecule has 1 aliphatic rings. The Morgan fingerprint density at radius 1 is 1.23 bits per heavy atom. The van der Waals surface area contributed by atoms with Gasteiger partial charge in [-0.15, -0.1) is 0 Å². The number of benzene rings is 1. The van der Waals surface area contributed by atoms with Gasteiger partial charge in [0.25, 0.3) is 0 Å². The number of hydrogen-bond donors (Lipinski definition) is 1. The molecule has 0 spiro atoms. The molecule has 0 amide bonds. The van der Waals surface area contributed by atoms with E-state index in [-0.39, 0.29) is 12.0 Å². The van der Waals surface area contributed by atoms with Crippen molar-refractivity contribution in [3.05, 3.63) is 23.8 Å². The van der Waals surface area contributed by atoms with Gasteiger partial charge in [-0.2, -0.15) is 0 Å². The molecule has 26 heavy (non-hydrogen) atoms. The number of esters is 1. The molecule has 0 bridgehead atoms. The third kappa shape index (κ3) is 5.63. The predicted molar refractivity (Wildman–Crippen MR) is 106 cm³/mol. The third-order valence-electron chi connectivity index (χ3n) is 5.26. The molecule has 1 aliphatic heterocycles. The van der Waals surface area contributed by atoms with Crippen LogP contribution in [0, 0.1) is 5.92 Å². The second-order valence-electron chi connectivity index (χ2n) is 7.25. The van der Waals surface area contributed by atoms with E-state index >= 15 is 0 Å². The zero-order valence-electron chi connectivity index (χ0n) is 16.5. The first kappa shape index (κ1) is 20.6. The number of anilines is 1. The highest BCUT2D eigenvalue weighted by Crippen LogP contribution is 2.24. The summed E-state index contributed by atoms with van der Waals surface area (Å²) in [5.41, 5.74) is 6.96. The van der Waals surface area contributed by atoms with Crippen LogP contribution < -0.4 is 10.5 Å². The Morgan fingerprint density at radius 3 is 2.62 bits per heavy atom. The highest BCUT2D eigenvalue weighted by molar-refractivity contribution is 5.90. The second kappa shape index (κ2) is 10.4. The number of carbonyl (C=O) groups is 1. The summed E-state index contributed by atoms with van der Waals surface area (Å²) in [7, 11) is 0. The fourth-order valence-electron chi connectivity index (χ4n) is 3.39. The first-order chi connectivity index (χ1) is 12.6. The number of nitrogen functional groups attached to an aromatic ring is 1. The number of nitrogens with two attached hydrogens (primary N) is 1. The molecule has 1 fully saturated rings. The number of rotatable bonds is 9. The Hall–Kier alpha value is -1.75. The largest absolute Gasteiger partial charge is 0.491 e. The number of hydrogen-bond acceptors (Lipinski definition) is 5. The number of carbonyl (C=O) groups excluding carboxylic acids is 1. The van der Waals surface area contributed by atoms with Crippen molar-refractivity contribution in [2.45, 2.75) is 58.9 Å². The van der Waals surface area contributed by atoms with E-state index in [9.17, 15) is 4.79 Å². The highest BCUT2D eigenvalue weighted by Gasteiger charge is 2.26. The van der Waals surface area contributed by atoms with Gasteiger partial charge in [0.2, 0.25) is 0 Å². The zero-order chi connectivity index (χ0) is 18.9. The van der Waals surface area contributed by atoms with E-state index < -0.39 is 0 Å². The number of ether oxygens (including phenoxy) is 2. The van der Waals surface area contributed by atoms with Crippen molar-refractivity contribution in [2.24, 2.45) is 5.92 Å². The van der Waals surface area contributed by atoms with Gasteiger partial charge in [0.05, 0.1) is 17.9 Å². The lowest BCUT2D eigenvalue weighted by Crippen LogP contribution is -2.46. The first-order valence-corrected chi connectivity index (χ1v) is 10.00. The molecule has 1 heterocycles. The van der Waals surface area contributed by atoms with Crippen LogP contribution in [0.2, 0.25) is 0 Å². The third-order valence-corrected chi connectivity index (χ3v) is 5.26. The van der Waals surface area contributed by atoms with Crippen molar-refractivity contribution in [1.29, 1.82) is 0 Å². The van der Waals surface area contributed by atoms with Gasteiger partial charge < -0.3 is 15.2 Å². The van der Waals surface area contributed by atoms with Gasteiger partial charge in [-0.1, -0.05) is 33.6 Å². The van der Waals surface area contributed by atoms with Gasteiger partial charge in [-0.05, 0) is 56.5 Å². The molecule has 146 valence electrons. The topological polar surface area (TPSA) is 64.8 Å². The summed E-state index contributed by atoms with van der Waals surface area (Å²) < 4.78 is 11.3. The van der Waals surface area contributed by atoms with E-state index in [1.807, 2.05) is 6.92 Å². The van der Waals surface area contributed by atoms with Crippen molar-refractivity contribution < 1.29 is 14.3 Å². The lowest BCUT2D eigenvalue weighted by molar-refractivity contribution is 0.0210. The van der Waals surface area contributed by atoms with Crippen molar-refractivity contribution in [2.75, 3.05) is 32.0 Å². The predicted octanol–water partition coefficient (Wildman–Crippen LogP) is 4.12. The van der Waals surface area contributed by atoms with Crippen LogP contribution in [-0.2, 0) is 4.74 Å². The molecule has 0 aliphatic carbocycles. The van der Waals surface area contributed by atoms with Gasteiger partial charge in [0, 0.05) is 6.04 Å². The van der Waals surface area contributed by atoms with E-state index in [1.165, 1.54) is 19.3 Å². The molecule has 0 radical (unpaired) electrons. The fourth-order valence-corrected chi connectivity index (χ4v) is 3.39. The van der Waals surface area contributed by atoms with Crippen molar-refractivity contribution in [3.8, 4) is 5.75 Å². The molecule has 5 nitrogen and oxygen atoms in total. The fraction of sp³-hybridized carbons (Fsp3) is 0.667. The molecule has 1 aromatic carbocycles. The molecule has 2 unspecified atom stereocenters. The van der Waals surface area contributed by atoms with Gasteiger partial charge in [0.1, 0.15) is 12.4 Å². The summed E-state index contributed by atoms with van der Waals surface area (Å²) in [5, 5.41) is 0. The summed E-state index contributed by atoms with van der Waals surface area (Å²) in [5.74, 6) is 0.739. The Kier molecular flexibility index (Phi) is 8.23. The SMILES string of the molecule is CCCOc1cc(C(=O)OCC(C(C)CC)N2CCCCC2)ccc1N. The normalized spacial score (nSPS) is 17.5. The minimum atomic E-state index is -0.309. The van der Waals surface area contributed by atoms with Crippen LogP contribution in [0.25, 0.3) is 0 Å². The lowest BCUT2D eigenvalue weighted by atomic mass is 9.96. The summed E-state index contributed by atoms with van der Waals surface area (Å²) >= 11 is 0. The summed E-state index contributed by atoms with van der Waals surface area (Å²) in [6, 6.07) is 5.38. The van der Waals surface area contributed by atoms with E-state index in [0.717, 1.165) is 25.9 Å². The Morgan fingerprint density at radius 2 is 1.96 bits per heavy atom. The standard InChI is InChI=1S/C21H34N2O3/c1-4-13-25-20-14-17(9-10-18(20)22)21(24)26-15-19(16(3)5-2)23-11-7-6-8-12-23/h9-10,14,16,19H,4-8,11-13,15,22H2,1-3H3. The van der Waals surface area contributed by atoms with Crippen LogP contribution in [0.4, 0.5) is 5.69 Å². The average Bonchev–Trinajstić information content (AvgIpc) is 2.67. The van der Waals surface area contributed by atoms with Crippen LogP contribution in [-0.4, -0.2) is 43.2 Å². The molecular formula is C21H34N2O3. The Labute approximate surface area is 157 Å². The van der Waals surface area contributed by atoms with Crippen molar-refractivity contribution in [1.82, 2.24) is 4.90 Å². The van der Waals surface area contributed by atoms with Crippen LogP contribution in [0.3, 0.4) is 0 Å². The Balaban J connectivity index is 2.00. The molecule has 0 aromatic heterocycles. The first-order valence-electron chi connectivity index (χ1n) is 10.00. The maximum Gasteiger partial charge on any atom is 0.338 e. The minimum Gasteiger partial charge on any atom is -0.491 e. The molecule has 5 heteroatoms. The molecule has 2 atom stereocenters. The van der Waals surface area contributed by atoms with Gasteiger partial charge in [-0.25, -0.2) is 4.79 Å². The maximum absolute atomic E-state index is 12.5. The van der Waals surface area contributed by atoms with E-state index in [0.29, 0.717) is 36.1 Å². The summed E-state index contributed by atoms with van der Waals surface area (Å²) in [6.45, 7) is 9.68. The maximum atomic E-state index is 12.5. The van der Waals surface area contributed by atoms with Crippen LogP contribution >= 0.6 is 0 Å². The zero-order valence-corrected chi connectivity index (χ0v) is 16.5. The number of nitrogens with zero attached hydrogens (tertiary/aromatic N) is 1. The molecule has 2 rings (SSSR count). The summed E-state index contributed by atoms with van der Waals surface area (Å²) in [6.07, 6.45) is 5.74. The lowest BCUT2D eigenvalue weighted by Gasteiger charge is -2.37. The van der Waals surface area contributed by atoms with Gasteiger partial charge in [0.15, 0.2) is 0 Å². The van der Waals surface area contributed by atoms with Crippen LogP contribution in [0.5, 0.6) is 5.75 Å². The van der Waals surface area contributed by atoms with Gasteiger partial charge in [-0.3, -0.25) is 4.90 Å². The van der Waals surface area contributed by atoms with Crippen LogP contribution in [0.1, 0.15) is 63.2 Å². The van der Waals surface area contributed by atoms with Crippen LogP contribution in [0.15, 0.2) is 18.2 Å². The van der Waals surface area contributed by atoms with Gasteiger partial charge >= 0.3 is 5.97 Å². The molecular weight excluding hydrogens is 328 g/mol. The Bertz CT molecular complexity index is 570. The highest BCUT2D eigenvalue weighted by atomic mass is 16.5. The minimum absolute atomic E-state index is 0.286. The monoisotopic (exact) mass is 362 g/mol. The van der Waals surface area contributed by atoms with E-state index in [1.54, 1.807) is 18.2 Å². The summed E-state index contributed by atoms with van der Waals surface area (Å²) in [4.78, 5) is 15.0. The quantitative estimate of drug-likeness (QED) is 0.529. The van der Waals surface area contributed by atoms with Crippen molar-refractivity contribution >= 4 is 11.7 Å². The molecule has 1 saturated heterocycles.